The van der Waals surface area contributed by atoms with Gasteiger partial charge >= 0.3 is 0 Å². The maximum absolute atomic E-state index is 5.16. The van der Waals surface area contributed by atoms with Gasteiger partial charge < -0.3 is 4.40 Å². The molecule has 4 bridgehead atoms. The smallest absolute Gasteiger partial charge is 0.0639 e. The van der Waals surface area contributed by atoms with E-state index in [1.54, 1.807) is 11.1 Å². The molecule has 0 spiro atoms. The van der Waals surface area contributed by atoms with Crippen molar-refractivity contribution in [2.24, 2.45) is 23.7 Å². The molecule has 2 nitrogen and oxygen atoms in total. The topological polar surface area (TPSA) is 17.3 Å². The first-order chi connectivity index (χ1) is 19.3. The van der Waals surface area contributed by atoms with Gasteiger partial charge in [0.15, 0.2) is 0 Å². The molecule has 1 radical (unpaired) electrons. The summed E-state index contributed by atoms with van der Waals surface area (Å²) in [6.07, 6.45) is 16.4. The van der Waals surface area contributed by atoms with Crippen LogP contribution in [0.5, 0.6) is 0 Å². The molecule has 2 heterocycles. The van der Waals surface area contributed by atoms with Crippen LogP contribution in [-0.2, 0) is 20.1 Å². The largest absolute Gasteiger partial charge is 0.333 e. The van der Waals surface area contributed by atoms with Gasteiger partial charge in [0, 0.05) is 37.4 Å². The zero-order chi connectivity index (χ0) is 25.5. The van der Waals surface area contributed by atoms with E-state index in [9.17, 15) is 0 Å². The fourth-order valence-electron chi connectivity index (χ4n) is 9.78. The predicted molar refractivity (Wildman–Crippen MR) is 160 cm³/mol. The van der Waals surface area contributed by atoms with Gasteiger partial charge in [0.1, 0.15) is 0 Å². The Labute approximate surface area is 250 Å². The van der Waals surface area contributed by atoms with Crippen LogP contribution < -0.4 is 0 Å². The van der Waals surface area contributed by atoms with Gasteiger partial charge in [-0.1, -0.05) is 67.5 Å². The zero-order valence-electron chi connectivity index (χ0n) is 23.1. The molecule has 4 unspecified atom stereocenters. The maximum atomic E-state index is 5.16. The fourth-order valence-corrected chi connectivity index (χ4v) is 9.78. The molecule has 3 heteroatoms. The Hall–Kier alpha value is -2.48. The predicted octanol–water partition coefficient (Wildman–Crippen LogP) is 9.69. The second kappa shape index (κ2) is 9.81. The molecule has 0 aliphatic heterocycles. The summed E-state index contributed by atoms with van der Waals surface area (Å²) in [6.45, 7) is 0. The molecule has 5 aromatic rings. The van der Waals surface area contributed by atoms with Gasteiger partial charge in [-0.3, -0.25) is 4.98 Å². The van der Waals surface area contributed by atoms with Gasteiger partial charge in [0.2, 0.25) is 0 Å². The van der Waals surface area contributed by atoms with Crippen molar-refractivity contribution in [3.63, 3.8) is 0 Å². The van der Waals surface area contributed by atoms with E-state index in [-0.39, 0.29) is 20.1 Å². The molecule has 4 fully saturated rings. The number of fused-ring (bicyclic) bond motifs is 10. The van der Waals surface area contributed by atoms with Crippen molar-refractivity contribution in [3.05, 3.63) is 84.1 Å². The Bertz CT molecular complexity index is 1660. The zero-order valence-corrected chi connectivity index (χ0v) is 25.5. The van der Waals surface area contributed by atoms with E-state index in [2.05, 4.69) is 71.3 Å². The Kier molecular flexibility index (Phi) is 6.19. The maximum Gasteiger partial charge on any atom is 0.0639 e. The van der Waals surface area contributed by atoms with Gasteiger partial charge in [-0.25, -0.2) is 0 Å². The van der Waals surface area contributed by atoms with Crippen molar-refractivity contribution >= 4 is 27.3 Å². The first-order valence-electron chi connectivity index (χ1n) is 15.6. The van der Waals surface area contributed by atoms with E-state index in [4.69, 9.17) is 4.98 Å². The summed E-state index contributed by atoms with van der Waals surface area (Å²) in [6, 6.07) is 26.3. The van der Waals surface area contributed by atoms with Crippen molar-refractivity contribution in [3.8, 4) is 11.3 Å². The van der Waals surface area contributed by atoms with E-state index in [1.807, 2.05) is 6.07 Å². The molecule has 4 atom stereocenters. The number of rotatable bonds is 3. The first-order valence-corrected chi connectivity index (χ1v) is 15.6. The minimum Gasteiger partial charge on any atom is -0.333 e. The summed E-state index contributed by atoms with van der Waals surface area (Å²) < 4.78 is 2.49. The fraction of sp³-hybridized carbons (Fsp3) is 0.432. The SMILES string of the molecule is [Ir].[c-]1cccc2c1c1ncc(-c3c(C4CC5CCC(C5)C4)cccc3C3CC4CCC(C4)C3)n1c1ccccc21. The average Bonchev–Trinajstić information content (AvgIpc) is 3.68. The normalized spacial score (nSPS) is 29.3. The third kappa shape index (κ3) is 3.87. The minimum absolute atomic E-state index is 0. The van der Waals surface area contributed by atoms with Gasteiger partial charge in [-0.05, 0) is 96.6 Å². The van der Waals surface area contributed by atoms with E-state index < -0.39 is 0 Å². The van der Waals surface area contributed by atoms with Crippen LogP contribution >= 0.6 is 0 Å². The number of aromatic nitrogens is 2. The summed E-state index contributed by atoms with van der Waals surface area (Å²) in [5.41, 5.74) is 8.38. The van der Waals surface area contributed by atoms with Crippen LogP contribution in [0.25, 0.3) is 38.6 Å². The van der Waals surface area contributed by atoms with Gasteiger partial charge in [-0.2, -0.15) is 0 Å². The second-order valence-electron chi connectivity index (χ2n) is 13.5. The van der Waals surface area contributed by atoms with E-state index >= 15 is 0 Å². The van der Waals surface area contributed by atoms with E-state index in [1.165, 1.54) is 91.8 Å². The standard InChI is InChI=1S/C37H37N2.Ir/c1-2-8-33-31(6-1)32-7-3-4-11-34(32)39-35(22-38-37(33)39)36-29(27-18-23-12-13-24(16-23)19-27)9-5-10-30(36)28-20-25-14-15-26(17-25)21-28;/h1-7,9-11,22-28H,12-21H2;/q-1;. The van der Waals surface area contributed by atoms with Crippen molar-refractivity contribution in [1.82, 2.24) is 9.38 Å². The molecule has 40 heavy (non-hydrogen) atoms. The molecule has 0 N–H and O–H groups in total. The van der Waals surface area contributed by atoms with E-state index in [0.29, 0.717) is 11.8 Å². The molecule has 3 aromatic carbocycles. The van der Waals surface area contributed by atoms with Crippen LogP contribution in [0.3, 0.4) is 0 Å². The minimum atomic E-state index is 0. The molecule has 0 amide bonds. The third-order valence-corrected chi connectivity index (χ3v) is 11.3. The van der Waals surface area contributed by atoms with Gasteiger partial charge in [0.05, 0.1) is 11.3 Å². The Morgan fingerprint density at radius 1 is 0.650 bits per heavy atom. The third-order valence-electron chi connectivity index (χ3n) is 11.3. The number of imidazole rings is 1. The van der Waals surface area contributed by atoms with Crippen molar-refractivity contribution in [2.75, 3.05) is 0 Å². The summed E-state index contributed by atoms with van der Waals surface area (Å²) in [4.78, 5) is 5.16. The van der Waals surface area contributed by atoms with Crippen LogP contribution in [0.2, 0.25) is 0 Å². The van der Waals surface area contributed by atoms with Crippen molar-refractivity contribution < 1.29 is 20.1 Å². The number of hydrogen-bond acceptors (Lipinski definition) is 1. The van der Waals surface area contributed by atoms with Crippen LogP contribution in [-0.4, -0.2) is 9.38 Å². The van der Waals surface area contributed by atoms with Crippen LogP contribution in [0.4, 0.5) is 0 Å². The second-order valence-corrected chi connectivity index (χ2v) is 13.5. The Morgan fingerprint density at radius 2 is 1.25 bits per heavy atom. The number of benzene rings is 3. The molecule has 205 valence electrons. The van der Waals surface area contributed by atoms with Crippen LogP contribution in [0.1, 0.15) is 87.2 Å². The molecule has 4 saturated carbocycles. The molecule has 9 rings (SSSR count). The summed E-state index contributed by atoms with van der Waals surface area (Å²) in [7, 11) is 0. The molecular weight excluding hydrogens is 665 g/mol. The first kappa shape index (κ1) is 25.2. The molecule has 4 aliphatic rings. The van der Waals surface area contributed by atoms with Crippen LogP contribution in [0.15, 0.2) is 66.9 Å². The van der Waals surface area contributed by atoms with E-state index in [0.717, 1.165) is 34.7 Å². The van der Waals surface area contributed by atoms with Crippen LogP contribution in [0, 0.1) is 29.7 Å². The molecular formula is C37H37IrN2-. The number of para-hydroxylation sites is 1. The Balaban J connectivity index is 0.00000245. The molecule has 4 aliphatic carbocycles. The van der Waals surface area contributed by atoms with Crippen molar-refractivity contribution in [2.45, 2.75) is 76.0 Å². The van der Waals surface area contributed by atoms with Gasteiger partial charge in [0.25, 0.3) is 0 Å². The molecule has 2 aromatic heterocycles. The molecule has 0 saturated heterocycles. The summed E-state index contributed by atoms with van der Waals surface area (Å²) in [5, 5.41) is 3.67. The quantitative estimate of drug-likeness (QED) is 0.135. The average molecular weight is 702 g/mol. The number of nitrogens with zero attached hydrogens (tertiary/aromatic N) is 2. The summed E-state index contributed by atoms with van der Waals surface area (Å²) >= 11 is 0. The number of hydrogen-bond donors (Lipinski definition) is 0. The summed E-state index contributed by atoms with van der Waals surface area (Å²) in [5.74, 6) is 5.06. The van der Waals surface area contributed by atoms with Crippen molar-refractivity contribution in [1.29, 1.82) is 0 Å². The van der Waals surface area contributed by atoms with Gasteiger partial charge in [-0.15, -0.1) is 29.7 Å². The Morgan fingerprint density at radius 3 is 1.90 bits per heavy atom. The monoisotopic (exact) mass is 702 g/mol. The number of pyridine rings is 1.